The third-order valence-electron chi connectivity index (χ3n) is 7.37. The average molecular weight is 298 g/mol. The molecule has 0 amide bonds. The molecule has 5 atom stereocenters. The minimum atomic E-state index is 0.101. The Morgan fingerprint density at radius 1 is 1.18 bits per heavy atom. The molecule has 0 saturated heterocycles. The number of rotatable bonds is 1. The molecule has 3 fully saturated rings. The number of Topliss-reactive ketones (excluding diaryl/α,β-unsaturated/α-hetero) is 1. The molecule has 118 valence electrons. The Morgan fingerprint density at radius 3 is 2.77 bits per heavy atom. The van der Waals surface area contributed by atoms with Crippen LogP contribution in [0.3, 0.4) is 0 Å². The molecular formula is C20H26O2. The van der Waals surface area contributed by atoms with Crippen molar-refractivity contribution in [1.29, 1.82) is 0 Å². The minimum Gasteiger partial charge on any atom is -0.299 e. The molecule has 0 aromatic rings. The second kappa shape index (κ2) is 4.91. The molecule has 0 spiro atoms. The maximum atomic E-state index is 13.1. The van der Waals surface area contributed by atoms with E-state index in [1.165, 1.54) is 17.6 Å². The summed E-state index contributed by atoms with van der Waals surface area (Å²) < 4.78 is 0. The maximum absolute atomic E-state index is 13.1. The van der Waals surface area contributed by atoms with Crippen LogP contribution in [0.4, 0.5) is 0 Å². The summed E-state index contributed by atoms with van der Waals surface area (Å²) in [4.78, 5) is 24.8. The number of carbonyl (C=O) groups is 2. The Hall–Kier alpha value is -1.18. The summed E-state index contributed by atoms with van der Waals surface area (Å²) >= 11 is 0. The fraction of sp³-hybridized carbons (Fsp3) is 0.700. The van der Waals surface area contributed by atoms with Gasteiger partial charge in [-0.3, -0.25) is 9.59 Å². The van der Waals surface area contributed by atoms with Gasteiger partial charge in [0, 0.05) is 24.2 Å². The van der Waals surface area contributed by atoms with E-state index >= 15 is 0 Å². The van der Waals surface area contributed by atoms with Gasteiger partial charge in [-0.2, -0.15) is 0 Å². The maximum Gasteiger partial charge on any atom is 0.155 e. The summed E-state index contributed by atoms with van der Waals surface area (Å²) in [5.41, 5.74) is 2.72. The Bertz CT molecular complexity index is 585. The summed E-state index contributed by atoms with van der Waals surface area (Å²) in [6, 6.07) is 0. The Labute approximate surface area is 133 Å². The third-order valence-corrected chi connectivity index (χ3v) is 7.37. The van der Waals surface area contributed by atoms with Crippen LogP contribution in [0.25, 0.3) is 0 Å². The Balaban J connectivity index is 1.72. The zero-order chi connectivity index (χ0) is 15.5. The molecule has 4 aliphatic rings. The third kappa shape index (κ3) is 1.79. The first kappa shape index (κ1) is 14.4. The van der Waals surface area contributed by atoms with Crippen molar-refractivity contribution in [3.63, 3.8) is 0 Å². The second-order valence-electron chi connectivity index (χ2n) is 7.96. The van der Waals surface area contributed by atoms with E-state index in [0.717, 1.165) is 32.1 Å². The molecule has 2 heteroatoms. The van der Waals surface area contributed by atoms with Gasteiger partial charge in [-0.05, 0) is 62.4 Å². The van der Waals surface area contributed by atoms with Crippen LogP contribution >= 0.6 is 0 Å². The highest BCUT2D eigenvalue weighted by Crippen LogP contribution is 2.63. The second-order valence-corrected chi connectivity index (χ2v) is 7.96. The van der Waals surface area contributed by atoms with E-state index in [0.29, 0.717) is 36.4 Å². The van der Waals surface area contributed by atoms with Crippen molar-refractivity contribution in [3.05, 3.63) is 23.8 Å². The molecular weight excluding hydrogens is 272 g/mol. The van der Waals surface area contributed by atoms with E-state index < -0.39 is 0 Å². The van der Waals surface area contributed by atoms with Crippen LogP contribution < -0.4 is 0 Å². The van der Waals surface area contributed by atoms with E-state index in [4.69, 9.17) is 0 Å². The van der Waals surface area contributed by atoms with Crippen LogP contribution in [-0.4, -0.2) is 11.6 Å². The molecule has 0 bridgehead atoms. The molecule has 4 unspecified atom stereocenters. The van der Waals surface area contributed by atoms with Crippen molar-refractivity contribution in [2.75, 3.05) is 0 Å². The molecule has 4 aliphatic carbocycles. The number of carbonyl (C=O) groups excluding carboxylic acids is 2. The normalized spacial score (nSPS) is 44.2. The first-order chi connectivity index (χ1) is 10.6. The van der Waals surface area contributed by atoms with Gasteiger partial charge in [0.15, 0.2) is 5.78 Å². The predicted octanol–water partition coefficient (Wildman–Crippen LogP) is 4.25. The lowest BCUT2D eigenvalue weighted by Crippen LogP contribution is -2.50. The first-order valence-corrected chi connectivity index (χ1v) is 9.01. The standard InChI is InChI=1S/C20H26O2/c1-3-20-11-18(22)19-15-8-6-14(21)10-13(15)5-7-16(19)17(20)9-4-12(20)2/h10,15-17,19H,2-9,11H2,1H3/t15?,16?,17?,19?,20-/m1/s1. The van der Waals surface area contributed by atoms with Crippen molar-refractivity contribution in [2.45, 2.75) is 58.3 Å². The van der Waals surface area contributed by atoms with Gasteiger partial charge in [0.1, 0.15) is 5.78 Å². The molecule has 4 rings (SSSR count). The monoisotopic (exact) mass is 298 g/mol. The molecule has 0 aliphatic heterocycles. The van der Waals surface area contributed by atoms with Crippen LogP contribution in [0.5, 0.6) is 0 Å². The molecule has 0 aromatic heterocycles. The van der Waals surface area contributed by atoms with Gasteiger partial charge in [-0.15, -0.1) is 0 Å². The zero-order valence-electron chi connectivity index (χ0n) is 13.6. The van der Waals surface area contributed by atoms with Crippen molar-refractivity contribution in [2.24, 2.45) is 29.1 Å². The molecule has 0 radical (unpaired) electrons. The van der Waals surface area contributed by atoms with Crippen molar-refractivity contribution in [3.8, 4) is 0 Å². The van der Waals surface area contributed by atoms with Gasteiger partial charge in [0.25, 0.3) is 0 Å². The molecule has 0 heterocycles. The summed E-state index contributed by atoms with van der Waals surface area (Å²) in [7, 11) is 0. The quantitative estimate of drug-likeness (QED) is 0.678. The first-order valence-electron chi connectivity index (χ1n) is 9.01. The van der Waals surface area contributed by atoms with Crippen LogP contribution in [-0.2, 0) is 9.59 Å². The van der Waals surface area contributed by atoms with Crippen molar-refractivity contribution in [1.82, 2.24) is 0 Å². The van der Waals surface area contributed by atoms with Crippen LogP contribution in [0.1, 0.15) is 58.3 Å². The van der Waals surface area contributed by atoms with Crippen molar-refractivity contribution < 1.29 is 9.59 Å². The number of hydrogen-bond acceptors (Lipinski definition) is 2. The number of hydrogen-bond donors (Lipinski definition) is 0. The zero-order valence-corrected chi connectivity index (χ0v) is 13.6. The van der Waals surface area contributed by atoms with E-state index in [9.17, 15) is 9.59 Å². The fourth-order valence-electron chi connectivity index (χ4n) is 6.33. The van der Waals surface area contributed by atoms with Gasteiger partial charge in [0.05, 0.1) is 0 Å². The summed E-state index contributed by atoms with van der Waals surface area (Å²) in [6.07, 6.45) is 9.67. The van der Waals surface area contributed by atoms with Gasteiger partial charge in [-0.1, -0.05) is 24.6 Å². The highest BCUT2D eigenvalue weighted by atomic mass is 16.1. The van der Waals surface area contributed by atoms with Crippen LogP contribution in [0.2, 0.25) is 0 Å². The molecule has 22 heavy (non-hydrogen) atoms. The largest absolute Gasteiger partial charge is 0.299 e. The van der Waals surface area contributed by atoms with Gasteiger partial charge in [0.2, 0.25) is 0 Å². The molecule has 2 nitrogen and oxygen atoms in total. The Morgan fingerprint density at radius 2 is 2.00 bits per heavy atom. The van der Waals surface area contributed by atoms with E-state index in [-0.39, 0.29) is 17.1 Å². The SMILES string of the molecule is C=C1CCC2C3CCC4=CC(=O)CCC4C3C(=O)C[C@]12CC. The predicted molar refractivity (Wildman–Crippen MR) is 86.2 cm³/mol. The van der Waals surface area contributed by atoms with Gasteiger partial charge >= 0.3 is 0 Å². The smallest absolute Gasteiger partial charge is 0.155 e. The summed E-state index contributed by atoms with van der Waals surface area (Å²) in [5.74, 6) is 2.50. The van der Waals surface area contributed by atoms with E-state index in [2.05, 4.69) is 13.5 Å². The lowest BCUT2D eigenvalue weighted by atomic mass is 9.50. The van der Waals surface area contributed by atoms with Gasteiger partial charge < -0.3 is 0 Å². The van der Waals surface area contributed by atoms with Crippen molar-refractivity contribution >= 4 is 11.6 Å². The van der Waals surface area contributed by atoms with Crippen LogP contribution in [0.15, 0.2) is 23.8 Å². The van der Waals surface area contributed by atoms with E-state index in [1.54, 1.807) is 0 Å². The topological polar surface area (TPSA) is 34.1 Å². The number of ketones is 2. The lowest BCUT2D eigenvalue weighted by molar-refractivity contribution is -0.138. The van der Waals surface area contributed by atoms with E-state index in [1.807, 2.05) is 6.08 Å². The molecule has 0 N–H and O–H groups in total. The highest BCUT2D eigenvalue weighted by Gasteiger charge is 2.58. The Kier molecular flexibility index (Phi) is 3.22. The fourth-order valence-corrected chi connectivity index (χ4v) is 6.33. The van der Waals surface area contributed by atoms with Gasteiger partial charge in [-0.25, -0.2) is 0 Å². The average Bonchev–Trinajstić information content (AvgIpc) is 2.84. The summed E-state index contributed by atoms with van der Waals surface area (Å²) in [5, 5.41) is 0. The number of allylic oxidation sites excluding steroid dienone is 2. The summed E-state index contributed by atoms with van der Waals surface area (Å²) in [6.45, 7) is 6.58. The number of fused-ring (bicyclic) bond motifs is 5. The molecule has 0 aromatic carbocycles. The highest BCUT2D eigenvalue weighted by molar-refractivity contribution is 5.92. The molecule has 3 saturated carbocycles. The lowest BCUT2D eigenvalue weighted by Gasteiger charge is -2.52. The minimum absolute atomic E-state index is 0.101. The van der Waals surface area contributed by atoms with Crippen LogP contribution in [0, 0.1) is 29.1 Å².